The fourth-order valence-corrected chi connectivity index (χ4v) is 8.51. The number of hydrogen-bond donors (Lipinski definition) is 2. The lowest BCUT2D eigenvalue weighted by Gasteiger charge is -2.37. The second-order valence-corrected chi connectivity index (χ2v) is 15.1. The van der Waals surface area contributed by atoms with Crippen molar-refractivity contribution in [1.29, 1.82) is 0 Å². The predicted molar refractivity (Wildman–Crippen MR) is 183 cm³/mol. The van der Waals surface area contributed by atoms with Crippen LogP contribution in [0.5, 0.6) is 5.88 Å². The molecule has 2 unspecified atom stereocenters. The minimum Gasteiger partial charge on any atom is -0.477 e. The monoisotopic (exact) mass is 650 g/mol. The van der Waals surface area contributed by atoms with Gasteiger partial charge in [0.15, 0.2) is 5.82 Å². The first kappa shape index (κ1) is 30.2. The number of carbonyl (C=O) groups is 1. The Labute approximate surface area is 280 Å². The first-order valence-electron chi connectivity index (χ1n) is 16.9. The Morgan fingerprint density at radius 3 is 2.72 bits per heavy atom. The molecule has 4 aliphatic rings. The van der Waals surface area contributed by atoms with Gasteiger partial charge in [-0.05, 0) is 119 Å². The van der Waals surface area contributed by atoms with E-state index in [4.69, 9.17) is 19.8 Å². The van der Waals surface area contributed by atoms with Crippen LogP contribution >= 0.6 is 11.9 Å². The van der Waals surface area contributed by atoms with E-state index in [2.05, 4.69) is 39.8 Å². The lowest BCUT2D eigenvalue weighted by Crippen LogP contribution is -2.40. The van der Waals surface area contributed by atoms with Crippen LogP contribution in [-0.4, -0.2) is 49.3 Å². The maximum atomic E-state index is 13.8. The maximum absolute atomic E-state index is 13.8. The number of aromatic nitrogens is 5. The van der Waals surface area contributed by atoms with Crippen LogP contribution in [0.2, 0.25) is 0 Å². The molecular formula is C36H42N8O2S. The predicted octanol–water partition coefficient (Wildman–Crippen LogP) is 7.01. The van der Waals surface area contributed by atoms with Crippen LogP contribution in [0, 0.1) is 17.3 Å². The van der Waals surface area contributed by atoms with Crippen LogP contribution in [-0.2, 0) is 0 Å². The van der Waals surface area contributed by atoms with Gasteiger partial charge in [-0.2, -0.15) is 0 Å². The molecule has 2 aliphatic carbocycles. The first-order chi connectivity index (χ1) is 22.9. The summed E-state index contributed by atoms with van der Waals surface area (Å²) < 4.78 is 10.9. The summed E-state index contributed by atoms with van der Waals surface area (Å²) in [6, 6.07) is 17.5. The zero-order valence-corrected chi connectivity index (χ0v) is 27.9. The van der Waals surface area contributed by atoms with Crippen LogP contribution in [0.3, 0.4) is 0 Å². The smallest absolute Gasteiger partial charge is 0.265 e. The average Bonchev–Trinajstić information content (AvgIpc) is 3.69. The summed E-state index contributed by atoms with van der Waals surface area (Å²) in [7, 11) is 0. The molecule has 4 aromatic rings. The molecule has 4 bridgehead atoms. The van der Waals surface area contributed by atoms with E-state index in [0.29, 0.717) is 46.0 Å². The molecule has 6 heterocycles. The van der Waals surface area contributed by atoms with Gasteiger partial charge >= 0.3 is 0 Å². The van der Waals surface area contributed by atoms with E-state index in [1.165, 1.54) is 37.6 Å². The summed E-state index contributed by atoms with van der Waals surface area (Å²) in [4.78, 5) is 30.7. The number of anilines is 2. The Bertz CT molecular complexity index is 1760. The molecule has 1 amide bonds. The standard InChI is InChI=1S/C36H42N8O2S/c1-35(2)22-24-9-11-28(27-6-3-4-19-37-27)38-29-7-5-8-32(39-29)47-42-34(45)26-10-12-30(40-33(26)43(35)23-24)44-20-14-31(41-44)46-21-15-25-13-16-36(25)17-18-36/h3-8,10,12,14,19-20,24-25,28H,9,11,13,15-18,21-23H2,1-2H3,(H,38,39)(H,42,45)/t24-,25?,28?/m0/s1. The summed E-state index contributed by atoms with van der Waals surface area (Å²) in [5.74, 6) is 3.70. The molecule has 2 N–H and O–H groups in total. The quantitative estimate of drug-likeness (QED) is 0.213. The van der Waals surface area contributed by atoms with E-state index < -0.39 is 0 Å². The number of amides is 1. The van der Waals surface area contributed by atoms with Gasteiger partial charge < -0.3 is 15.0 Å². The van der Waals surface area contributed by atoms with Crippen LogP contribution in [0.15, 0.2) is 72.0 Å². The highest BCUT2D eigenvalue weighted by Gasteiger charge is 2.54. The molecule has 3 atom stereocenters. The third kappa shape index (κ3) is 6.17. The highest BCUT2D eigenvalue weighted by atomic mass is 32.2. The molecule has 0 radical (unpaired) electrons. The molecule has 1 spiro atoms. The van der Waals surface area contributed by atoms with Crippen LogP contribution in [0.1, 0.15) is 87.3 Å². The van der Waals surface area contributed by atoms with Crippen molar-refractivity contribution in [3.8, 4) is 11.7 Å². The summed E-state index contributed by atoms with van der Waals surface area (Å²) in [6.07, 6.45) is 13.2. The van der Waals surface area contributed by atoms with Gasteiger partial charge in [0.1, 0.15) is 16.7 Å². The van der Waals surface area contributed by atoms with Gasteiger partial charge in [-0.1, -0.05) is 12.1 Å². The van der Waals surface area contributed by atoms with Crippen LogP contribution in [0.25, 0.3) is 5.82 Å². The highest BCUT2D eigenvalue weighted by molar-refractivity contribution is 7.97. The van der Waals surface area contributed by atoms with Crippen molar-refractivity contribution in [2.24, 2.45) is 17.3 Å². The molecule has 10 nitrogen and oxygen atoms in total. The number of rotatable bonds is 6. The first-order valence-corrected chi connectivity index (χ1v) is 17.8. The van der Waals surface area contributed by atoms with E-state index in [1.807, 2.05) is 60.9 Å². The van der Waals surface area contributed by atoms with Crippen molar-refractivity contribution in [2.45, 2.75) is 81.8 Å². The lowest BCUT2D eigenvalue weighted by atomic mass is 9.69. The molecule has 0 aromatic carbocycles. The Morgan fingerprint density at radius 1 is 1.00 bits per heavy atom. The topological polar surface area (TPSA) is 110 Å². The second kappa shape index (κ2) is 12.2. The van der Waals surface area contributed by atoms with Gasteiger partial charge in [-0.15, -0.1) is 5.10 Å². The van der Waals surface area contributed by atoms with Crippen molar-refractivity contribution in [3.05, 3.63) is 78.2 Å². The summed E-state index contributed by atoms with van der Waals surface area (Å²) in [5.41, 5.74) is 1.98. The fourth-order valence-electron chi connectivity index (χ4n) is 7.91. The summed E-state index contributed by atoms with van der Waals surface area (Å²) in [5, 5.41) is 9.03. The summed E-state index contributed by atoms with van der Waals surface area (Å²) in [6.45, 7) is 5.99. The van der Waals surface area contributed by atoms with E-state index in [9.17, 15) is 4.79 Å². The van der Waals surface area contributed by atoms with E-state index in [0.717, 1.165) is 49.7 Å². The number of fused-ring (bicyclic) bond motifs is 6. The lowest BCUT2D eigenvalue weighted by molar-refractivity contribution is 0.0984. The molecule has 47 heavy (non-hydrogen) atoms. The number of pyridine rings is 3. The van der Waals surface area contributed by atoms with Gasteiger partial charge in [0.25, 0.3) is 5.91 Å². The third-order valence-corrected chi connectivity index (χ3v) is 11.5. The normalized spacial score (nSPS) is 24.3. The van der Waals surface area contributed by atoms with Gasteiger partial charge in [-0.3, -0.25) is 14.5 Å². The van der Waals surface area contributed by atoms with Gasteiger partial charge in [0.2, 0.25) is 5.88 Å². The average molecular weight is 651 g/mol. The van der Waals surface area contributed by atoms with E-state index in [1.54, 1.807) is 4.68 Å². The molecule has 2 saturated carbocycles. The van der Waals surface area contributed by atoms with Gasteiger partial charge in [0.05, 0.1) is 23.9 Å². The van der Waals surface area contributed by atoms with Crippen LogP contribution < -0.4 is 19.7 Å². The molecule has 8 rings (SSSR count). The molecule has 2 aliphatic heterocycles. The molecule has 1 saturated heterocycles. The Balaban J connectivity index is 1.07. The number of ether oxygens (including phenoxy) is 1. The molecule has 244 valence electrons. The minimum absolute atomic E-state index is 0.0117. The van der Waals surface area contributed by atoms with Crippen molar-refractivity contribution in [3.63, 3.8) is 0 Å². The number of nitrogens with zero attached hydrogens (tertiary/aromatic N) is 6. The van der Waals surface area contributed by atoms with Crippen molar-refractivity contribution < 1.29 is 9.53 Å². The Morgan fingerprint density at radius 2 is 1.91 bits per heavy atom. The summed E-state index contributed by atoms with van der Waals surface area (Å²) >= 11 is 1.21. The number of carbonyl (C=O) groups excluding carboxylic acids is 1. The Kier molecular flexibility index (Phi) is 7.82. The van der Waals surface area contributed by atoms with E-state index >= 15 is 0 Å². The van der Waals surface area contributed by atoms with E-state index in [-0.39, 0.29) is 17.5 Å². The molecular weight excluding hydrogens is 609 g/mol. The van der Waals surface area contributed by atoms with Crippen molar-refractivity contribution >= 4 is 29.5 Å². The number of hydrogen-bond acceptors (Lipinski definition) is 9. The zero-order valence-electron chi connectivity index (χ0n) is 27.1. The zero-order chi connectivity index (χ0) is 32.0. The number of nitrogens with one attached hydrogen (secondary N) is 2. The highest BCUT2D eigenvalue weighted by Crippen LogP contribution is 2.65. The minimum atomic E-state index is -0.210. The Hall–Kier alpha value is -4.12. The van der Waals surface area contributed by atoms with Gasteiger partial charge in [-0.25, -0.2) is 14.6 Å². The third-order valence-electron chi connectivity index (χ3n) is 10.8. The molecule has 4 aromatic heterocycles. The molecule has 11 heteroatoms. The van der Waals surface area contributed by atoms with Gasteiger partial charge in [0, 0.05) is 42.5 Å². The SMILES string of the molecule is CC1(C)C[C@@H]2CCC(c3ccccn3)Nc3cccc(n3)SNC(=O)c3ccc(-n4ccc(OCCC5CCC56CC6)n4)nc3N1C2. The molecule has 3 fully saturated rings. The van der Waals surface area contributed by atoms with Crippen molar-refractivity contribution in [1.82, 2.24) is 29.5 Å². The second-order valence-electron chi connectivity index (χ2n) is 14.3. The van der Waals surface area contributed by atoms with Crippen LogP contribution in [0.4, 0.5) is 11.6 Å². The maximum Gasteiger partial charge on any atom is 0.265 e. The largest absolute Gasteiger partial charge is 0.477 e. The van der Waals surface area contributed by atoms with Crippen molar-refractivity contribution in [2.75, 3.05) is 23.4 Å². The fraction of sp³-hybridized carbons (Fsp3) is 0.472.